The van der Waals surface area contributed by atoms with Gasteiger partial charge in [-0.1, -0.05) is 0 Å². The van der Waals surface area contributed by atoms with Crippen molar-refractivity contribution >= 4 is 11.6 Å². The Labute approximate surface area is 55.3 Å². The fourth-order valence-electron chi connectivity index (χ4n) is 0.384. The molecule has 0 spiro atoms. The summed E-state index contributed by atoms with van der Waals surface area (Å²) in [7, 11) is 0. The van der Waals surface area contributed by atoms with Crippen LogP contribution in [0.3, 0.4) is 0 Å². The predicted molar refractivity (Wildman–Crippen MR) is 36.1 cm³/mol. The van der Waals surface area contributed by atoms with Gasteiger partial charge in [0, 0.05) is 0 Å². The SMILES string of the molecule is CC=C(CCl)OCC. The molecule has 0 radical (unpaired) electrons. The smallest absolute Gasteiger partial charge is 0.106 e. The fraction of sp³-hybridized carbons (Fsp3) is 0.667. The Morgan fingerprint density at radius 3 is 2.50 bits per heavy atom. The molecule has 0 fully saturated rings. The third-order valence-corrected chi connectivity index (χ3v) is 1.05. The van der Waals surface area contributed by atoms with Gasteiger partial charge in [0.25, 0.3) is 0 Å². The van der Waals surface area contributed by atoms with Crippen molar-refractivity contribution in [2.75, 3.05) is 12.5 Å². The van der Waals surface area contributed by atoms with Gasteiger partial charge in [0.1, 0.15) is 5.76 Å². The molecule has 1 nitrogen and oxygen atoms in total. The number of rotatable bonds is 3. The van der Waals surface area contributed by atoms with Gasteiger partial charge in [-0.2, -0.15) is 0 Å². The minimum Gasteiger partial charge on any atom is -0.497 e. The molecule has 0 aliphatic carbocycles. The van der Waals surface area contributed by atoms with Crippen molar-refractivity contribution in [2.24, 2.45) is 0 Å². The van der Waals surface area contributed by atoms with Crippen LogP contribution in [0, 0.1) is 0 Å². The predicted octanol–water partition coefficient (Wildman–Crippen LogP) is 2.17. The molecule has 0 aromatic heterocycles. The van der Waals surface area contributed by atoms with Gasteiger partial charge in [0.05, 0.1) is 12.5 Å². The van der Waals surface area contributed by atoms with Crippen LogP contribution in [0.4, 0.5) is 0 Å². The summed E-state index contributed by atoms with van der Waals surface area (Å²) in [4.78, 5) is 0. The molecule has 0 unspecified atom stereocenters. The highest BCUT2D eigenvalue weighted by Gasteiger charge is 1.88. The second kappa shape index (κ2) is 4.98. The second-order valence-electron chi connectivity index (χ2n) is 1.32. The van der Waals surface area contributed by atoms with E-state index in [0.717, 1.165) is 5.76 Å². The monoisotopic (exact) mass is 134 g/mol. The molecule has 0 N–H and O–H groups in total. The molecule has 0 bridgehead atoms. The molecule has 8 heavy (non-hydrogen) atoms. The first kappa shape index (κ1) is 7.83. The van der Waals surface area contributed by atoms with Gasteiger partial charge in [0.15, 0.2) is 0 Å². The number of halogens is 1. The third-order valence-electron chi connectivity index (χ3n) is 0.783. The molecule has 0 aromatic carbocycles. The van der Waals surface area contributed by atoms with Crippen molar-refractivity contribution in [2.45, 2.75) is 13.8 Å². The van der Waals surface area contributed by atoms with E-state index in [9.17, 15) is 0 Å². The van der Waals surface area contributed by atoms with Crippen LogP contribution in [0.2, 0.25) is 0 Å². The molecule has 0 heterocycles. The zero-order valence-electron chi connectivity index (χ0n) is 5.28. The highest BCUT2D eigenvalue weighted by Crippen LogP contribution is 1.97. The molecule has 0 saturated heterocycles. The Kier molecular flexibility index (Phi) is 4.87. The maximum absolute atomic E-state index is 5.45. The van der Waals surface area contributed by atoms with Crippen LogP contribution in [-0.4, -0.2) is 12.5 Å². The van der Waals surface area contributed by atoms with Crippen LogP contribution in [0.1, 0.15) is 13.8 Å². The van der Waals surface area contributed by atoms with Gasteiger partial charge in [-0.05, 0) is 19.9 Å². The number of alkyl halides is 1. The number of allylic oxidation sites excluding steroid dienone is 2. The average molecular weight is 135 g/mol. The van der Waals surface area contributed by atoms with E-state index in [4.69, 9.17) is 16.3 Å². The third kappa shape index (κ3) is 2.92. The molecule has 2 heteroatoms. The lowest BCUT2D eigenvalue weighted by atomic mass is 10.5. The Morgan fingerprint density at radius 2 is 2.38 bits per heavy atom. The molecule has 0 aliphatic heterocycles. The van der Waals surface area contributed by atoms with E-state index in [0.29, 0.717) is 12.5 Å². The zero-order chi connectivity index (χ0) is 6.41. The van der Waals surface area contributed by atoms with Crippen molar-refractivity contribution in [1.82, 2.24) is 0 Å². The lowest BCUT2D eigenvalue weighted by molar-refractivity contribution is 0.232. The van der Waals surface area contributed by atoms with E-state index in [1.165, 1.54) is 0 Å². The number of hydrogen-bond acceptors (Lipinski definition) is 1. The first-order valence-electron chi connectivity index (χ1n) is 2.69. The molecule has 0 rings (SSSR count). The summed E-state index contributed by atoms with van der Waals surface area (Å²) in [5, 5.41) is 0. The summed E-state index contributed by atoms with van der Waals surface area (Å²) in [6.45, 7) is 4.55. The van der Waals surface area contributed by atoms with Crippen molar-refractivity contribution < 1.29 is 4.74 Å². The first-order valence-corrected chi connectivity index (χ1v) is 3.22. The van der Waals surface area contributed by atoms with E-state index in [2.05, 4.69) is 0 Å². The van der Waals surface area contributed by atoms with Crippen molar-refractivity contribution in [3.63, 3.8) is 0 Å². The first-order chi connectivity index (χ1) is 3.85. The minimum atomic E-state index is 0.477. The van der Waals surface area contributed by atoms with Gasteiger partial charge in [-0.25, -0.2) is 0 Å². The fourth-order valence-corrected chi connectivity index (χ4v) is 0.616. The summed E-state index contributed by atoms with van der Waals surface area (Å²) in [6.07, 6.45) is 1.87. The quantitative estimate of drug-likeness (QED) is 0.425. The summed E-state index contributed by atoms with van der Waals surface area (Å²) in [5.74, 6) is 1.33. The Balaban J connectivity index is 3.38. The van der Waals surface area contributed by atoms with Crippen LogP contribution in [0.15, 0.2) is 11.8 Å². The van der Waals surface area contributed by atoms with Gasteiger partial charge < -0.3 is 4.74 Å². The van der Waals surface area contributed by atoms with Gasteiger partial charge in [0.2, 0.25) is 0 Å². The molecule has 0 atom stereocenters. The topological polar surface area (TPSA) is 9.23 Å². The summed E-state index contributed by atoms with van der Waals surface area (Å²) >= 11 is 5.45. The number of ether oxygens (including phenoxy) is 1. The van der Waals surface area contributed by atoms with Crippen molar-refractivity contribution in [3.05, 3.63) is 11.8 Å². The standard InChI is InChI=1S/C6H11ClO/c1-3-6(5-7)8-4-2/h3H,4-5H2,1-2H3. The molecular formula is C6H11ClO. The molecule has 0 aromatic rings. The lowest BCUT2D eigenvalue weighted by Crippen LogP contribution is -1.91. The van der Waals surface area contributed by atoms with Crippen LogP contribution < -0.4 is 0 Å². The zero-order valence-corrected chi connectivity index (χ0v) is 6.03. The largest absolute Gasteiger partial charge is 0.497 e. The number of hydrogen-bond donors (Lipinski definition) is 0. The van der Waals surface area contributed by atoms with E-state index in [1.807, 2.05) is 19.9 Å². The summed E-state index contributed by atoms with van der Waals surface area (Å²) in [6, 6.07) is 0. The summed E-state index contributed by atoms with van der Waals surface area (Å²) in [5.41, 5.74) is 0. The van der Waals surface area contributed by atoms with Gasteiger partial charge in [-0.15, -0.1) is 11.6 Å². The molecule has 48 valence electrons. The maximum atomic E-state index is 5.45. The van der Waals surface area contributed by atoms with E-state index >= 15 is 0 Å². The normalized spacial score (nSPS) is 11.6. The van der Waals surface area contributed by atoms with Crippen molar-refractivity contribution in [1.29, 1.82) is 0 Å². The Morgan fingerprint density at radius 1 is 1.75 bits per heavy atom. The van der Waals surface area contributed by atoms with E-state index < -0.39 is 0 Å². The van der Waals surface area contributed by atoms with Crippen LogP contribution in [-0.2, 0) is 4.74 Å². The summed E-state index contributed by atoms with van der Waals surface area (Å²) < 4.78 is 5.07. The average Bonchev–Trinajstić information content (AvgIpc) is 1.83. The van der Waals surface area contributed by atoms with Gasteiger partial charge >= 0.3 is 0 Å². The molecule has 0 aliphatic rings. The minimum absolute atomic E-state index is 0.477. The highest BCUT2D eigenvalue weighted by molar-refractivity contribution is 6.19. The highest BCUT2D eigenvalue weighted by atomic mass is 35.5. The van der Waals surface area contributed by atoms with E-state index in [1.54, 1.807) is 0 Å². The molecular weight excluding hydrogens is 124 g/mol. The Bertz CT molecular complexity index is 78.6. The van der Waals surface area contributed by atoms with E-state index in [-0.39, 0.29) is 0 Å². The Hall–Kier alpha value is -0.170. The molecule has 0 saturated carbocycles. The van der Waals surface area contributed by atoms with Crippen LogP contribution >= 0.6 is 11.6 Å². The molecule has 0 amide bonds. The van der Waals surface area contributed by atoms with Crippen LogP contribution in [0.25, 0.3) is 0 Å². The van der Waals surface area contributed by atoms with Crippen molar-refractivity contribution in [3.8, 4) is 0 Å². The lowest BCUT2D eigenvalue weighted by Gasteiger charge is -2.01. The second-order valence-corrected chi connectivity index (χ2v) is 1.59. The van der Waals surface area contributed by atoms with Crippen LogP contribution in [0.5, 0.6) is 0 Å². The van der Waals surface area contributed by atoms with Gasteiger partial charge in [-0.3, -0.25) is 0 Å². The maximum Gasteiger partial charge on any atom is 0.106 e.